The van der Waals surface area contributed by atoms with Crippen molar-refractivity contribution in [3.8, 4) is 5.75 Å². The van der Waals surface area contributed by atoms with Crippen LogP contribution in [0.15, 0.2) is 46.9 Å². The molecule has 0 saturated heterocycles. The molecule has 1 N–H and O–H groups in total. The minimum Gasteiger partial charge on any atom is -0.483 e. The highest BCUT2D eigenvalue weighted by Crippen LogP contribution is 2.28. The molecule has 5 nitrogen and oxygen atoms in total. The Balaban J connectivity index is 2.19. The number of rotatable bonds is 7. The molecule has 144 valence electrons. The van der Waals surface area contributed by atoms with Crippen LogP contribution in [0.4, 0.5) is 0 Å². The Morgan fingerprint density at radius 3 is 2.56 bits per heavy atom. The van der Waals surface area contributed by atoms with Crippen LogP contribution in [0.2, 0.25) is 5.02 Å². The van der Waals surface area contributed by atoms with Crippen LogP contribution >= 0.6 is 27.5 Å². The van der Waals surface area contributed by atoms with Crippen molar-refractivity contribution in [2.45, 2.75) is 19.4 Å². The third-order valence-corrected chi connectivity index (χ3v) is 4.84. The molecule has 0 saturated carbocycles. The number of hydrogen-bond acceptors (Lipinski definition) is 3. The van der Waals surface area contributed by atoms with Gasteiger partial charge in [-0.3, -0.25) is 9.59 Å². The molecule has 0 spiro atoms. The first kappa shape index (κ1) is 21.3. The zero-order chi connectivity index (χ0) is 20.0. The van der Waals surface area contributed by atoms with Gasteiger partial charge in [0.2, 0.25) is 0 Å². The summed E-state index contributed by atoms with van der Waals surface area (Å²) in [7, 11) is 3.35. The third-order valence-electron chi connectivity index (χ3n) is 4.03. The van der Waals surface area contributed by atoms with Gasteiger partial charge in [0.25, 0.3) is 11.8 Å². The van der Waals surface area contributed by atoms with E-state index in [1.807, 2.05) is 25.1 Å². The Kier molecular flexibility index (Phi) is 7.68. The third kappa shape index (κ3) is 5.71. The lowest BCUT2D eigenvalue weighted by Crippen LogP contribution is -2.30. The molecular weight excluding hydrogens is 432 g/mol. The molecular formula is C20H22BrClN2O3. The summed E-state index contributed by atoms with van der Waals surface area (Å²) in [5.41, 5.74) is 1.22. The van der Waals surface area contributed by atoms with Crippen molar-refractivity contribution in [1.82, 2.24) is 10.2 Å². The highest BCUT2D eigenvalue weighted by molar-refractivity contribution is 9.10. The van der Waals surface area contributed by atoms with Crippen LogP contribution in [-0.4, -0.2) is 37.4 Å². The van der Waals surface area contributed by atoms with E-state index in [2.05, 4.69) is 21.2 Å². The Bertz CT molecular complexity index is 827. The number of likely N-dealkylation sites (N-methyl/N-ethyl adjacent to an activating group) is 1. The van der Waals surface area contributed by atoms with Crippen LogP contribution in [0.1, 0.15) is 35.3 Å². The molecule has 0 aliphatic heterocycles. The topological polar surface area (TPSA) is 58.6 Å². The Morgan fingerprint density at radius 1 is 1.22 bits per heavy atom. The van der Waals surface area contributed by atoms with E-state index in [0.29, 0.717) is 22.8 Å². The van der Waals surface area contributed by atoms with Crippen molar-refractivity contribution in [3.63, 3.8) is 0 Å². The van der Waals surface area contributed by atoms with Gasteiger partial charge in [-0.05, 0) is 30.7 Å². The molecule has 0 aromatic heterocycles. The summed E-state index contributed by atoms with van der Waals surface area (Å²) >= 11 is 9.52. The first-order valence-electron chi connectivity index (χ1n) is 8.51. The molecule has 1 atom stereocenters. The molecule has 1 unspecified atom stereocenters. The van der Waals surface area contributed by atoms with E-state index in [-0.39, 0.29) is 24.5 Å². The van der Waals surface area contributed by atoms with Crippen LogP contribution in [0.3, 0.4) is 0 Å². The smallest absolute Gasteiger partial charge is 0.259 e. The summed E-state index contributed by atoms with van der Waals surface area (Å²) in [5, 5.41) is 3.37. The number of benzene rings is 2. The second-order valence-electron chi connectivity index (χ2n) is 6.17. The lowest BCUT2D eigenvalue weighted by molar-refractivity contribution is -0.130. The summed E-state index contributed by atoms with van der Waals surface area (Å²) in [4.78, 5) is 26.0. The number of halogens is 2. The van der Waals surface area contributed by atoms with Gasteiger partial charge in [-0.1, -0.05) is 52.7 Å². The average Bonchev–Trinajstić information content (AvgIpc) is 2.64. The predicted molar refractivity (Wildman–Crippen MR) is 110 cm³/mol. The van der Waals surface area contributed by atoms with E-state index in [0.717, 1.165) is 10.0 Å². The van der Waals surface area contributed by atoms with Crippen molar-refractivity contribution in [3.05, 3.63) is 63.1 Å². The lowest BCUT2D eigenvalue weighted by Gasteiger charge is -2.21. The van der Waals surface area contributed by atoms with Gasteiger partial charge in [0.15, 0.2) is 6.61 Å². The highest BCUT2D eigenvalue weighted by Gasteiger charge is 2.20. The monoisotopic (exact) mass is 452 g/mol. The van der Waals surface area contributed by atoms with E-state index in [1.165, 1.54) is 4.90 Å². The summed E-state index contributed by atoms with van der Waals surface area (Å²) in [6.45, 7) is 1.91. The van der Waals surface area contributed by atoms with Crippen molar-refractivity contribution >= 4 is 39.3 Å². The number of carbonyl (C=O) groups is 2. The molecule has 0 bridgehead atoms. The largest absolute Gasteiger partial charge is 0.483 e. The van der Waals surface area contributed by atoms with Gasteiger partial charge in [0, 0.05) is 24.1 Å². The van der Waals surface area contributed by atoms with Gasteiger partial charge in [-0.2, -0.15) is 0 Å². The molecule has 0 radical (unpaired) electrons. The summed E-state index contributed by atoms with van der Waals surface area (Å²) in [6.07, 6.45) is 0.655. The number of hydrogen-bond donors (Lipinski definition) is 1. The molecule has 0 aliphatic rings. The molecule has 2 rings (SSSR count). The van der Waals surface area contributed by atoms with Crippen LogP contribution in [0.5, 0.6) is 5.75 Å². The second-order valence-corrected chi connectivity index (χ2v) is 7.50. The number of carbonyl (C=O) groups excluding carboxylic acids is 2. The Hall–Kier alpha value is -2.05. The van der Waals surface area contributed by atoms with E-state index in [4.69, 9.17) is 16.3 Å². The van der Waals surface area contributed by atoms with Crippen molar-refractivity contribution in [2.75, 3.05) is 20.7 Å². The van der Waals surface area contributed by atoms with Gasteiger partial charge in [0.05, 0.1) is 16.6 Å². The van der Waals surface area contributed by atoms with Gasteiger partial charge in [0.1, 0.15) is 5.75 Å². The van der Waals surface area contributed by atoms with Crippen molar-refractivity contribution in [1.29, 1.82) is 0 Å². The van der Waals surface area contributed by atoms with Crippen LogP contribution in [0.25, 0.3) is 0 Å². The Morgan fingerprint density at radius 2 is 1.93 bits per heavy atom. The zero-order valence-corrected chi connectivity index (χ0v) is 17.8. The first-order chi connectivity index (χ1) is 12.8. The molecule has 0 aliphatic carbocycles. The number of nitrogens with one attached hydrogen (secondary N) is 1. The quantitative estimate of drug-likeness (QED) is 0.674. The molecule has 27 heavy (non-hydrogen) atoms. The molecule has 2 amide bonds. The van der Waals surface area contributed by atoms with Crippen molar-refractivity contribution < 1.29 is 14.3 Å². The highest BCUT2D eigenvalue weighted by atomic mass is 79.9. The fourth-order valence-electron chi connectivity index (χ4n) is 2.48. The van der Waals surface area contributed by atoms with Gasteiger partial charge in [-0.15, -0.1) is 0 Å². The maximum Gasteiger partial charge on any atom is 0.259 e. The average molecular weight is 454 g/mol. The second kappa shape index (κ2) is 9.76. The predicted octanol–water partition coefficient (Wildman–Crippen LogP) is 4.45. The molecule has 2 aromatic rings. The minimum atomic E-state index is -0.275. The molecule has 7 heteroatoms. The normalized spacial score (nSPS) is 11.6. The molecule has 2 aromatic carbocycles. The van der Waals surface area contributed by atoms with Crippen LogP contribution in [0, 0.1) is 0 Å². The number of nitrogens with zero attached hydrogens (tertiary/aromatic N) is 1. The standard InChI is InChI=1S/C20H22BrClN2O3/c1-4-17(23-20(26)14-10-9-13(21)11-16(14)22)15-7-5-6-8-18(15)27-12-19(25)24(2)3/h5-11,17H,4,12H2,1-3H3,(H,23,26). The SMILES string of the molecule is CCC(NC(=O)c1ccc(Br)cc1Cl)c1ccccc1OCC(=O)N(C)C. The zero-order valence-electron chi connectivity index (χ0n) is 15.5. The minimum absolute atomic E-state index is 0.0626. The van der Waals surface area contributed by atoms with E-state index < -0.39 is 0 Å². The van der Waals surface area contributed by atoms with E-state index in [9.17, 15) is 9.59 Å². The Labute approximate surface area is 172 Å². The fourth-order valence-corrected chi connectivity index (χ4v) is 3.24. The lowest BCUT2D eigenvalue weighted by atomic mass is 10.0. The maximum absolute atomic E-state index is 12.7. The van der Waals surface area contributed by atoms with Gasteiger partial charge in [-0.25, -0.2) is 0 Å². The van der Waals surface area contributed by atoms with E-state index in [1.54, 1.807) is 38.4 Å². The van der Waals surface area contributed by atoms with Gasteiger partial charge >= 0.3 is 0 Å². The van der Waals surface area contributed by atoms with Crippen LogP contribution < -0.4 is 10.1 Å². The molecule has 0 heterocycles. The van der Waals surface area contributed by atoms with Gasteiger partial charge < -0.3 is 15.0 Å². The maximum atomic E-state index is 12.7. The van der Waals surface area contributed by atoms with E-state index >= 15 is 0 Å². The molecule has 0 fully saturated rings. The first-order valence-corrected chi connectivity index (χ1v) is 9.68. The summed E-state index contributed by atoms with van der Waals surface area (Å²) < 4.78 is 6.50. The summed E-state index contributed by atoms with van der Waals surface area (Å²) in [6, 6.07) is 12.2. The fraction of sp³-hybridized carbons (Fsp3) is 0.300. The van der Waals surface area contributed by atoms with Crippen molar-refractivity contribution in [2.24, 2.45) is 0 Å². The number of amides is 2. The number of para-hydroxylation sites is 1. The van der Waals surface area contributed by atoms with Crippen LogP contribution in [-0.2, 0) is 4.79 Å². The summed E-state index contributed by atoms with van der Waals surface area (Å²) in [5.74, 6) is 0.170. The number of ether oxygens (including phenoxy) is 1.